The van der Waals surface area contributed by atoms with Crippen LogP contribution in [0.5, 0.6) is 0 Å². The number of hydrogen-bond donors (Lipinski definition) is 2. The molecule has 3 nitrogen and oxygen atoms in total. The number of ether oxygens (including phenoxy) is 1. The molecule has 2 atom stereocenters. The van der Waals surface area contributed by atoms with Crippen molar-refractivity contribution in [1.29, 1.82) is 0 Å². The number of hydrazine groups is 1. The van der Waals surface area contributed by atoms with Crippen LogP contribution in [0.3, 0.4) is 0 Å². The van der Waals surface area contributed by atoms with Crippen LogP contribution in [-0.2, 0) is 4.74 Å². The van der Waals surface area contributed by atoms with E-state index in [9.17, 15) is 0 Å². The average Bonchev–Trinajstić information content (AvgIpc) is 2.88. The van der Waals surface area contributed by atoms with Crippen molar-refractivity contribution >= 4 is 0 Å². The molecule has 0 spiro atoms. The smallest absolute Gasteiger partial charge is 0.0594 e. The second kappa shape index (κ2) is 6.04. The van der Waals surface area contributed by atoms with Gasteiger partial charge in [0.05, 0.1) is 6.10 Å². The van der Waals surface area contributed by atoms with E-state index in [2.05, 4.69) is 29.7 Å². The first-order valence-electron chi connectivity index (χ1n) is 7.55. The van der Waals surface area contributed by atoms with E-state index >= 15 is 0 Å². The van der Waals surface area contributed by atoms with E-state index in [0.29, 0.717) is 6.10 Å². The molecule has 1 aliphatic carbocycles. The Labute approximate surface area is 115 Å². The van der Waals surface area contributed by atoms with Crippen molar-refractivity contribution in [2.45, 2.75) is 56.6 Å². The summed E-state index contributed by atoms with van der Waals surface area (Å²) < 4.78 is 5.75. The monoisotopic (exact) mass is 260 g/mol. The fraction of sp³-hybridized carbons (Fsp3) is 0.625. The van der Waals surface area contributed by atoms with Crippen molar-refractivity contribution in [2.24, 2.45) is 5.84 Å². The van der Waals surface area contributed by atoms with E-state index in [1.165, 1.54) is 43.2 Å². The second-order valence-corrected chi connectivity index (χ2v) is 5.85. The van der Waals surface area contributed by atoms with Crippen LogP contribution >= 0.6 is 0 Å². The summed E-state index contributed by atoms with van der Waals surface area (Å²) in [4.78, 5) is 0. The summed E-state index contributed by atoms with van der Waals surface area (Å²) in [5.74, 6) is 6.55. The first-order valence-corrected chi connectivity index (χ1v) is 7.55. The van der Waals surface area contributed by atoms with Gasteiger partial charge in [0.25, 0.3) is 0 Å². The number of rotatable bonds is 5. The molecular weight excluding hydrogens is 236 g/mol. The SMILES string of the molecule is NNC(CC1CCCO1)c1ccccc1C1CCC1. The zero-order valence-electron chi connectivity index (χ0n) is 11.5. The van der Waals surface area contributed by atoms with Crippen LogP contribution in [0.15, 0.2) is 24.3 Å². The van der Waals surface area contributed by atoms with Gasteiger partial charge in [-0.15, -0.1) is 0 Å². The molecule has 1 aliphatic heterocycles. The third kappa shape index (κ3) is 2.83. The average molecular weight is 260 g/mol. The molecule has 1 saturated carbocycles. The van der Waals surface area contributed by atoms with Crippen LogP contribution in [0.25, 0.3) is 0 Å². The van der Waals surface area contributed by atoms with Gasteiger partial charge in [0.1, 0.15) is 0 Å². The molecule has 2 unspecified atom stereocenters. The van der Waals surface area contributed by atoms with Crippen molar-refractivity contribution in [1.82, 2.24) is 5.43 Å². The Balaban J connectivity index is 1.77. The van der Waals surface area contributed by atoms with Gasteiger partial charge in [-0.2, -0.15) is 0 Å². The van der Waals surface area contributed by atoms with Crippen LogP contribution in [0.1, 0.15) is 61.6 Å². The molecule has 0 bridgehead atoms. The van der Waals surface area contributed by atoms with E-state index in [4.69, 9.17) is 10.6 Å². The zero-order valence-corrected chi connectivity index (χ0v) is 11.5. The predicted molar refractivity (Wildman–Crippen MR) is 76.7 cm³/mol. The molecule has 2 aliphatic rings. The third-order valence-electron chi connectivity index (χ3n) is 4.64. The lowest BCUT2D eigenvalue weighted by Crippen LogP contribution is -2.32. The molecule has 3 heteroatoms. The fourth-order valence-electron chi connectivity index (χ4n) is 3.30. The van der Waals surface area contributed by atoms with Crippen LogP contribution in [0, 0.1) is 0 Å². The summed E-state index contributed by atoms with van der Waals surface area (Å²) in [5, 5.41) is 0. The molecule has 2 fully saturated rings. The lowest BCUT2D eigenvalue weighted by Gasteiger charge is -2.31. The summed E-state index contributed by atoms with van der Waals surface area (Å²) in [5.41, 5.74) is 5.88. The van der Waals surface area contributed by atoms with E-state index in [1.54, 1.807) is 0 Å². The maximum Gasteiger partial charge on any atom is 0.0594 e. The Kier molecular flexibility index (Phi) is 4.16. The summed E-state index contributed by atoms with van der Waals surface area (Å²) in [6.07, 6.45) is 7.74. The van der Waals surface area contributed by atoms with E-state index < -0.39 is 0 Å². The van der Waals surface area contributed by atoms with Crippen LogP contribution in [-0.4, -0.2) is 12.7 Å². The largest absolute Gasteiger partial charge is 0.378 e. The van der Waals surface area contributed by atoms with Crippen molar-refractivity contribution in [2.75, 3.05) is 6.61 Å². The molecule has 0 radical (unpaired) electrons. The van der Waals surface area contributed by atoms with Gasteiger partial charge in [0.2, 0.25) is 0 Å². The highest BCUT2D eigenvalue weighted by Gasteiger charge is 2.27. The normalized spacial score (nSPS) is 25.2. The maximum atomic E-state index is 5.81. The lowest BCUT2D eigenvalue weighted by atomic mass is 9.76. The number of nitrogens with two attached hydrogens (primary N) is 1. The van der Waals surface area contributed by atoms with Crippen LogP contribution in [0.4, 0.5) is 0 Å². The van der Waals surface area contributed by atoms with Gasteiger partial charge in [0.15, 0.2) is 0 Å². The van der Waals surface area contributed by atoms with Gasteiger partial charge in [0, 0.05) is 12.6 Å². The molecule has 3 rings (SSSR count). The van der Waals surface area contributed by atoms with E-state index in [-0.39, 0.29) is 6.04 Å². The van der Waals surface area contributed by atoms with Crippen LogP contribution < -0.4 is 11.3 Å². The fourth-order valence-corrected chi connectivity index (χ4v) is 3.30. The predicted octanol–water partition coefficient (Wildman–Crippen LogP) is 3.03. The van der Waals surface area contributed by atoms with Crippen molar-refractivity contribution < 1.29 is 4.74 Å². The molecule has 1 aromatic carbocycles. The van der Waals surface area contributed by atoms with Crippen molar-refractivity contribution in [3.05, 3.63) is 35.4 Å². The Hall–Kier alpha value is -0.900. The highest BCUT2D eigenvalue weighted by atomic mass is 16.5. The molecule has 3 N–H and O–H groups in total. The Bertz CT molecular complexity index is 411. The maximum absolute atomic E-state index is 5.81. The molecule has 0 aromatic heterocycles. The lowest BCUT2D eigenvalue weighted by molar-refractivity contribution is 0.0944. The van der Waals surface area contributed by atoms with Crippen LogP contribution in [0.2, 0.25) is 0 Å². The summed E-state index contributed by atoms with van der Waals surface area (Å²) >= 11 is 0. The second-order valence-electron chi connectivity index (χ2n) is 5.85. The van der Waals surface area contributed by atoms with E-state index in [1.807, 2.05) is 0 Å². The molecule has 1 aromatic rings. The number of benzene rings is 1. The molecule has 104 valence electrons. The molecule has 19 heavy (non-hydrogen) atoms. The number of nitrogens with one attached hydrogen (secondary N) is 1. The van der Waals surface area contributed by atoms with Gasteiger partial charge in [-0.25, -0.2) is 0 Å². The summed E-state index contributed by atoms with van der Waals surface area (Å²) in [6.45, 7) is 0.909. The molecule has 0 amide bonds. The Morgan fingerprint density at radius 3 is 2.68 bits per heavy atom. The van der Waals surface area contributed by atoms with Crippen molar-refractivity contribution in [3.63, 3.8) is 0 Å². The van der Waals surface area contributed by atoms with Gasteiger partial charge >= 0.3 is 0 Å². The van der Waals surface area contributed by atoms with Gasteiger partial charge < -0.3 is 4.74 Å². The molecule has 1 saturated heterocycles. The topological polar surface area (TPSA) is 47.3 Å². The standard InChI is InChI=1S/C16H24N2O/c17-18-16(11-13-7-4-10-19-13)15-9-2-1-8-14(15)12-5-3-6-12/h1-2,8-9,12-13,16,18H,3-7,10-11,17H2. The summed E-state index contributed by atoms with van der Waals surface area (Å²) in [6, 6.07) is 9.00. The third-order valence-corrected chi connectivity index (χ3v) is 4.64. The zero-order chi connectivity index (χ0) is 13.1. The minimum absolute atomic E-state index is 0.222. The summed E-state index contributed by atoms with van der Waals surface area (Å²) in [7, 11) is 0. The minimum Gasteiger partial charge on any atom is -0.378 e. The highest BCUT2D eigenvalue weighted by Crippen LogP contribution is 2.40. The minimum atomic E-state index is 0.222. The first-order chi connectivity index (χ1) is 9.38. The van der Waals surface area contributed by atoms with Gasteiger partial charge in [-0.1, -0.05) is 30.7 Å². The van der Waals surface area contributed by atoms with Gasteiger partial charge in [-0.3, -0.25) is 11.3 Å². The van der Waals surface area contributed by atoms with Gasteiger partial charge in [-0.05, 0) is 49.1 Å². The first kappa shape index (κ1) is 13.1. The molecule has 1 heterocycles. The highest BCUT2D eigenvalue weighted by molar-refractivity contribution is 5.34. The number of hydrogen-bond acceptors (Lipinski definition) is 3. The quantitative estimate of drug-likeness (QED) is 0.632. The molecular formula is C16H24N2O. The Morgan fingerprint density at radius 1 is 1.21 bits per heavy atom. The Morgan fingerprint density at radius 2 is 2.05 bits per heavy atom. The van der Waals surface area contributed by atoms with Crippen molar-refractivity contribution in [3.8, 4) is 0 Å². The van der Waals surface area contributed by atoms with E-state index in [0.717, 1.165) is 18.9 Å².